The number of nitrogens with one attached hydrogen (secondary N) is 5. The van der Waals surface area contributed by atoms with Gasteiger partial charge in [-0.25, -0.2) is 8.42 Å². The molecule has 0 radical (unpaired) electrons. The molecule has 6 atom stereocenters. The maximum atomic E-state index is 12.5. The van der Waals surface area contributed by atoms with Gasteiger partial charge in [0.15, 0.2) is 5.96 Å². The van der Waals surface area contributed by atoms with E-state index in [-0.39, 0.29) is 43.0 Å². The second-order valence-corrected chi connectivity index (χ2v) is 16.5. The Labute approximate surface area is 327 Å². The SMILES string of the molecule is CC(C)CC(NC(=O)C(N)CS(=O)(=O)O)C(=O)NC(C=O)CCCN=C(N)N.CC(C)CC(NC(=O)C(N)CS(=O)(=O)[O-])C(=O)NC(C=O)CCC[NH+]=C(N)N. The van der Waals surface area contributed by atoms with Crippen LogP contribution in [0.5, 0.6) is 0 Å². The third-order valence-electron chi connectivity index (χ3n) is 7.10. The van der Waals surface area contributed by atoms with Gasteiger partial charge in [0.1, 0.15) is 30.7 Å². The number of guanidine groups is 2. The maximum absolute atomic E-state index is 12.5. The molecule has 0 spiro atoms. The number of carbonyl (C=O) groups excluding carboxylic acids is 6. The molecule has 0 heterocycles. The number of rotatable bonds is 26. The Bertz CT molecular complexity index is 1440. The van der Waals surface area contributed by atoms with Crippen LogP contribution in [0.3, 0.4) is 0 Å². The quantitative estimate of drug-likeness (QED) is 0.0126. The molecule has 0 aliphatic rings. The first-order chi connectivity index (χ1) is 25.7. The highest BCUT2D eigenvalue weighted by molar-refractivity contribution is 7.86. The van der Waals surface area contributed by atoms with Crippen LogP contribution in [0.1, 0.15) is 66.2 Å². The van der Waals surface area contributed by atoms with E-state index in [2.05, 4.69) is 31.3 Å². The van der Waals surface area contributed by atoms with Crippen LogP contribution in [0.25, 0.3) is 0 Å². The van der Waals surface area contributed by atoms with Gasteiger partial charge in [0.2, 0.25) is 23.6 Å². The molecule has 0 aliphatic heterocycles. The van der Waals surface area contributed by atoms with Gasteiger partial charge in [-0.05, 0) is 50.4 Å². The van der Waals surface area contributed by atoms with Gasteiger partial charge in [-0.1, -0.05) is 27.7 Å². The van der Waals surface area contributed by atoms with E-state index in [1.165, 1.54) is 0 Å². The summed E-state index contributed by atoms with van der Waals surface area (Å²) in [6, 6.07) is -6.81. The molecule has 0 fully saturated rings. The van der Waals surface area contributed by atoms with Crippen molar-refractivity contribution in [2.45, 2.75) is 102 Å². The fourth-order valence-electron chi connectivity index (χ4n) is 4.55. The van der Waals surface area contributed by atoms with Gasteiger partial charge >= 0.3 is 5.96 Å². The molecule has 6 unspecified atom stereocenters. The van der Waals surface area contributed by atoms with E-state index in [4.69, 9.17) is 39.0 Å². The van der Waals surface area contributed by atoms with E-state index in [9.17, 15) is 50.2 Å². The summed E-state index contributed by atoms with van der Waals surface area (Å²) < 4.78 is 62.7. The number of amides is 4. The lowest BCUT2D eigenvalue weighted by Gasteiger charge is -2.24. The highest BCUT2D eigenvalue weighted by atomic mass is 32.2. The van der Waals surface area contributed by atoms with Gasteiger partial charge in [-0.3, -0.25) is 45.2 Å². The zero-order valence-corrected chi connectivity index (χ0v) is 33.6. The number of aldehydes is 2. The molecule has 18 N–H and O–H groups in total. The lowest BCUT2D eigenvalue weighted by molar-refractivity contribution is -0.459. The molecular formula is C30H60N12O12S2. The standard InChI is InChI=1S/2C15H30N6O6S/c2*1-9(2)6-12(21-13(23)11(16)8-28(25,26)27)14(24)20-10(7-22)4-3-5-19-15(17)18/h2*7,9-12H,3-6,8,16H2,1-2H3,(H,20,24)(H,21,23)(H4,17,18,19)(H,25,26,27). The van der Waals surface area contributed by atoms with Gasteiger partial charge in [-0.2, -0.15) is 8.42 Å². The fraction of sp³-hybridized carbons (Fsp3) is 0.733. The number of hydrogen-bond donors (Lipinski definition) is 12. The van der Waals surface area contributed by atoms with Gasteiger partial charge < -0.3 is 58.3 Å². The summed E-state index contributed by atoms with van der Waals surface area (Å²) in [5, 5.41) is 9.72. The average molecular weight is 845 g/mol. The van der Waals surface area contributed by atoms with Crippen LogP contribution < -0.4 is 60.7 Å². The Kier molecular flexibility index (Phi) is 26.0. The summed E-state index contributed by atoms with van der Waals surface area (Å²) in [4.78, 5) is 77.9. The Hall–Kier alpha value is -4.50. The van der Waals surface area contributed by atoms with Crippen LogP contribution in [-0.4, -0.2) is 135 Å². The van der Waals surface area contributed by atoms with Crippen molar-refractivity contribution in [2.75, 3.05) is 24.6 Å². The van der Waals surface area contributed by atoms with E-state index in [0.717, 1.165) is 0 Å². The van der Waals surface area contributed by atoms with Crippen molar-refractivity contribution in [3.8, 4) is 0 Å². The predicted molar refractivity (Wildman–Crippen MR) is 204 cm³/mol. The molecule has 0 rings (SSSR count). The Morgan fingerprint density at radius 3 is 1.46 bits per heavy atom. The average Bonchev–Trinajstić information content (AvgIpc) is 3.04. The monoisotopic (exact) mass is 844 g/mol. The second kappa shape index (κ2) is 27.2. The number of aliphatic imine (C=N–C) groups is 1. The molecule has 0 bridgehead atoms. The Morgan fingerprint density at radius 2 is 1.12 bits per heavy atom. The van der Waals surface area contributed by atoms with Crippen LogP contribution >= 0.6 is 0 Å². The number of nitrogens with two attached hydrogens (primary N) is 6. The van der Waals surface area contributed by atoms with Gasteiger partial charge in [-0.15, -0.1) is 0 Å². The zero-order valence-electron chi connectivity index (χ0n) is 32.0. The van der Waals surface area contributed by atoms with Crippen molar-refractivity contribution < 1.29 is 59.7 Å². The molecule has 56 heavy (non-hydrogen) atoms. The highest BCUT2D eigenvalue weighted by Gasteiger charge is 2.29. The van der Waals surface area contributed by atoms with Crippen LogP contribution in [0, 0.1) is 11.8 Å². The molecule has 0 saturated heterocycles. The van der Waals surface area contributed by atoms with E-state index in [0.29, 0.717) is 44.9 Å². The Balaban J connectivity index is 0. The number of hydrogen-bond acceptors (Lipinski definition) is 14. The largest absolute Gasteiger partial charge is 0.748 e. The highest BCUT2D eigenvalue weighted by Crippen LogP contribution is 2.08. The molecule has 26 heteroatoms. The van der Waals surface area contributed by atoms with E-state index in [1.54, 1.807) is 0 Å². The normalized spacial score (nSPS) is 14.6. The van der Waals surface area contributed by atoms with Crippen molar-refractivity contribution in [1.82, 2.24) is 21.3 Å². The molecule has 324 valence electrons. The first-order valence-electron chi connectivity index (χ1n) is 17.4. The minimum atomic E-state index is -4.70. The second-order valence-electron chi connectivity index (χ2n) is 13.5. The minimum absolute atomic E-state index is 0.00235. The van der Waals surface area contributed by atoms with Crippen LogP contribution in [0.15, 0.2) is 4.99 Å². The molecule has 0 saturated carbocycles. The van der Waals surface area contributed by atoms with Crippen molar-refractivity contribution in [2.24, 2.45) is 51.2 Å². The topological polar surface area (TPSA) is 445 Å². The first-order valence-corrected chi connectivity index (χ1v) is 20.6. The van der Waals surface area contributed by atoms with Crippen LogP contribution in [-0.2, 0) is 49.0 Å². The number of nitrogens with zero attached hydrogens (tertiary/aromatic N) is 1. The lowest BCUT2D eigenvalue weighted by atomic mass is 10.0. The van der Waals surface area contributed by atoms with Crippen molar-refractivity contribution >= 4 is 68.4 Å². The van der Waals surface area contributed by atoms with E-state index >= 15 is 0 Å². The summed E-state index contributed by atoms with van der Waals surface area (Å²) >= 11 is 0. The summed E-state index contributed by atoms with van der Waals surface area (Å²) in [5.74, 6) is -5.17. The van der Waals surface area contributed by atoms with Gasteiger partial charge in [0.25, 0.3) is 10.1 Å². The molecule has 4 amide bonds. The molecule has 0 aromatic carbocycles. The minimum Gasteiger partial charge on any atom is -0.748 e. The van der Waals surface area contributed by atoms with Crippen molar-refractivity contribution in [1.29, 1.82) is 0 Å². The third-order valence-corrected chi connectivity index (χ3v) is 8.65. The molecule has 0 aromatic rings. The summed E-state index contributed by atoms with van der Waals surface area (Å²) in [5.41, 5.74) is 31.8. The smallest absolute Gasteiger partial charge is 0.338 e. The van der Waals surface area contributed by atoms with Gasteiger partial charge in [0, 0.05) is 6.54 Å². The van der Waals surface area contributed by atoms with Gasteiger partial charge in [0.05, 0.1) is 46.3 Å². The first kappa shape index (κ1) is 53.6. The zero-order chi connectivity index (χ0) is 43.8. The maximum Gasteiger partial charge on any atom is 0.338 e. The van der Waals surface area contributed by atoms with Crippen LogP contribution in [0.2, 0.25) is 0 Å². The van der Waals surface area contributed by atoms with E-state index in [1.807, 2.05) is 27.7 Å². The summed E-state index contributed by atoms with van der Waals surface area (Å²) in [6.07, 6.45) is 3.12. The molecule has 24 nitrogen and oxygen atoms in total. The van der Waals surface area contributed by atoms with Crippen LogP contribution in [0.4, 0.5) is 0 Å². The number of carbonyl (C=O) groups is 6. The lowest BCUT2D eigenvalue weighted by Crippen LogP contribution is -2.78. The molecular weight excluding hydrogens is 785 g/mol. The Morgan fingerprint density at radius 1 is 0.714 bits per heavy atom. The summed E-state index contributed by atoms with van der Waals surface area (Å²) in [7, 11) is -9.15. The predicted octanol–water partition coefficient (Wildman–Crippen LogP) is -7.32. The molecule has 0 aliphatic carbocycles. The molecule has 0 aromatic heterocycles. The third kappa shape index (κ3) is 28.9. The fourth-order valence-corrected chi connectivity index (χ4v) is 5.75. The van der Waals surface area contributed by atoms with E-state index < -0.39 is 91.6 Å². The summed E-state index contributed by atoms with van der Waals surface area (Å²) in [6.45, 7) is 7.95. The van der Waals surface area contributed by atoms with Crippen molar-refractivity contribution in [3.05, 3.63) is 0 Å². The van der Waals surface area contributed by atoms with Crippen molar-refractivity contribution in [3.63, 3.8) is 0 Å².